The van der Waals surface area contributed by atoms with E-state index in [1.54, 1.807) is 6.92 Å². The van der Waals surface area contributed by atoms with Crippen LogP contribution in [0.4, 0.5) is 4.39 Å². The van der Waals surface area contributed by atoms with Crippen LogP contribution in [0.3, 0.4) is 0 Å². The second kappa shape index (κ2) is 9.11. The molecule has 0 aromatic heterocycles. The Hall–Kier alpha value is -1.50. The molecule has 2 rings (SSSR count). The lowest BCUT2D eigenvalue weighted by atomic mass is 9.92. The molecule has 5 atom stereocenters. The van der Waals surface area contributed by atoms with Crippen LogP contribution in [0.15, 0.2) is 30.3 Å². The summed E-state index contributed by atoms with van der Waals surface area (Å²) < 4.78 is 14.3. The number of hydrogen-bond donors (Lipinski definition) is 4. The van der Waals surface area contributed by atoms with E-state index in [9.17, 15) is 19.4 Å². The molecule has 1 amide bonds. The van der Waals surface area contributed by atoms with E-state index in [1.807, 2.05) is 30.3 Å². The lowest BCUT2D eigenvalue weighted by Crippen LogP contribution is -2.43. The van der Waals surface area contributed by atoms with Gasteiger partial charge in [-0.2, -0.15) is 0 Å². The first kappa shape index (κ1) is 18.8. The Morgan fingerprint density at radius 2 is 2.04 bits per heavy atom. The predicted molar refractivity (Wildman–Crippen MR) is 90.4 cm³/mol. The maximum atomic E-state index is 14.3. The fourth-order valence-corrected chi connectivity index (χ4v) is 3.17. The minimum Gasteiger partial charge on any atom is -0.396 e. The zero-order chi connectivity index (χ0) is 17.5. The maximum absolute atomic E-state index is 14.3. The van der Waals surface area contributed by atoms with Gasteiger partial charge in [0.1, 0.15) is 12.3 Å². The Labute approximate surface area is 142 Å². The molecule has 24 heavy (non-hydrogen) atoms. The molecular formula is C18H27FN2O3. The number of amides is 1. The number of carbonyl (C=O) groups excluding carboxylic acids is 1. The molecule has 1 aromatic rings. The first-order valence-electron chi connectivity index (χ1n) is 8.57. The van der Waals surface area contributed by atoms with Crippen LogP contribution in [-0.2, 0) is 4.79 Å². The predicted octanol–water partition coefficient (Wildman–Crippen LogP) is 1.11. The molecule has 6 heteroatoms. The van der Waals surface area contributed by atoms with Crippen LogP contribution in [0, 0.1) is 0 Å². The highest BCUT2D eigenvalue weighted by Crippen LogP contribution is 2.26. The average molecular weight is 338 g/mol. The van der Waals surface area contributed by atoms with E-state index in [2.05, 4.69) is 10.6 Å². The molecule has 1 saturated heterocycles. The van der Waals surface area contributed by atoms with E-state index in [-0.39, 0.29) is 25.0 Å². The number of halogens is 1. The minimum atomic E-state index is -1.37. The molecule has 1 fully saturated rings. The summed E-state index contributed by atoms with van der Waals surface area (Å²) in [6.07, 6.45) is -1.00. The summed E-state index contributed by atoms with van der Waals surface area (Å²) in [6, 6.07) is 8.70. The van der Waals surface area contributed by atoms with Crippen LogP contribution in [0.1, 0.15) is 37.7 Å². The highest BCUT2D eigenvalue weighted by molar-refractivity contribution is 5.75. The fourth-order valence-electron chi connectivity index (χ4n) is 3.17. The average Bonchev–Trinajstić information content (AvgIpc) is 2.89. The first-order valence-corrected chi connectivity index (χ1v) is 8.57. The molecule has 1 unspecified atom stereocenters. The van der Waals surface area contributed by atoms with E-state index in [0.29, 0.717) is 19.3 Å². The zero-order valence-electron chi connectivity index (χ0n) is 14.0. The number of alkyl halides is 1. The summed E-state index contributed by atoms with van der Waals surface area (Å²) in [6.45, 7) is 1.96. The fraction of sp³-hybridized carbons (Fsp3) is 0.611. The van der Waals surface area contributed by atoms with Crippen molar-refractivity contribution in [1.82, 2.24) is 10.6 Å². The highest BCUT2D eigenvalue weighted by atomic mass is 19.1. The van der Waals surface area contributed by atoms with Crippen LogP contribution in [0.5, 0.6) is 0 Å². The zero-order valence-corrected chi connectivity index (χ0v) is 14.0. The summed E-state index contributed by atoms with van der Waals surface area (Å²) in [7, 11) is 0. The van der Waals surface area contributed by atoms with Crippen LogP contribution in [0.2, 0.25) is 0 Å². The SMILES string of the molecule is CCC(=O)NC[C@H]1N[C@H](CCC(CO)c2ccccc2)[C@H](F)[C@@H]1O. The van der Waals surface area contributed by atoms with Crippen LogP contribution < -0.4 is 10.6 Å². The van der Waals surface area contributed by atoms with Gasteiger partial charge in [-0.15, -0.1) is 0 Å². The van der Waals surface area contributed by atoms with Crippen LogP contribution in [-0.4, -0.2) is 53.6 Å². The van der Waals surface area contributed by atoms with Gasteiger partial charge < -0.3 is 20.8 Å². The molecule has 4 N–H and O–H groups in total. The van der Waals surface area contributed by atoms with Crippen molar-refractivity contribution >= 4 is 5.91 Å². The Morgan fingerprint density at radius 3 is 2.67 bits per heavy atom. The molecule has 0 radical (unpaired) electrons. The molecule has 0 spiro atoms. The highest BCUT2D eigenvalue weighted by Gasteiger charge is 2.42. The lowest BCUT2D eigenvalue weighted by molar-refractivity contribution is -0.120. The second-order valence-electron chi connectivity index (χ2n) is 6.34. The number of aliphatic hydroxyl groups excluding tert-OH is 2. The minimum absolute atomic E-state index is 0.00618. The van der Waals surface area contributed by atoms with Crippen molar-refractivity contribution in [3.8, 4) is 0 Å². The van der Waals surface area contributed by atoms with Crippen molar-refractivity contribution in [2.75, 3.05) is 13.2 Å². The van der Waals surface area contributed by atoms with E-state index >= 15 is 0 Å². The Morgan fingerprint density at radius 1 is 1.33 bits per heavy atom. The van der Waals surface area contributed by atoms with Gasteiger partial charge in [-0.05, 0) is 18.4 Å². The number of benzene rings is 1. The smallest absolute Gasteiger partial charge is 0.219 e. The third-order valence-corrected chi connectivity index (χ3v) is 4.71. The largest absolute Gasteiger partial charge is 0.396 e. The molecule has 1 aromatic carbocycles. The van der Waals surface area contributed by atoms with E-state index in [1.165, 1.54) is 0 Å². The van der Waals surface area contributed by atoms with Crippen molar-refractivity contribution in [3.63, 3.8) is 0 Å². The third kappa shape index (κ3) is 4.75. The van der Waals surface area contributed by atoms with E-state index < -0.39 is 24.4 Å². The molecule has 1 aliphatic rings. The van der Waals surface area contributed by atoms with Gasteiger partial charge in [0, 0.05) is 31.5 Å². The lowest BCUT2D eigenvalue weighted by Gasteiger charge is -2.19. The first-order chi connectivity index (χ1) is 11.6. The van der Waals surface area contributed by atoms with Gasteiger partial charge in [-0.25, -0.2) is 4.39 Å². The maximum Gasteiger partial charge on any atom is 0.219 e. The van der Waals surface area contributed by atoms with Crippen LogP contribution >= 0.6 is 0 Å². The van der Waals surface area contributed by atoms with E-state index in [4.69, 9.17) is 0 Å². The van der Waals surface area contributed by atoms with Crippen molar-refractivity contribution in [2.45, 2.75) is 56.5 Å². The molecule has 134 valence electrons. The number of rotatable bonds is 8. The van der Waals surface area contributed by atoms with Crippen LogP contribution in [0.25, 0.3) is 0 Å². The van der Waals surface area contributed by atoms with Crippen molar-refractivity contribution in [2.24, 2.45) is 0 Å². The molecule has 0 saturated carbocycles. The molecule has 0 aliphatic carbocycles. The van der Waals surface area contributed by atoms with Crippen molar-refractivity contribution < 1.29 is 19.4 Å². The molecule has 1 aliphatic heterocycles. The Bertz CT molecular complexity index is 514. The molecular weight excluding hydrogens is 311 g/mol. The Balaban J connectivity index is 1.87. The number of aliphatic hydroxyl groups is 2. The summed E-state index contributed by atoms with van der Waals surface area (Å²) >= 11 is 0. The van der Waals surface area contributed by atoms with Gasteiger partial charge in [-0.3, -0.25) is 4.79 Å². The van der Waals surface area contributed by atoms with Gasteiger partial charge in [0.05, 0.1) is 6.04 Å². The third-order valence-electron chi connectivity index (χ3n) is 4.71. The summed E-state index contributed by atoms with van der Waals surface area (Å²) in [5.41, 5.74) is 1.03. The molecule has 5 nitrogen and oxygen atoms in total. The van der Waals surface area contributed by atoms with Gasteiger partial charge in [0.2, 0.25) is 5.91 Å². The van der Waals surface area contributed by atoms with Crippen molar-refractivity contribution in [3.05, 3.63) is 35.9 Å². The number of carbonyl (C=O) groups is 1. The molecule has 1 heterocycles. The van der Waals surface area contributed by atoms with Gasteiger partial charge in [-0.1, -0.05) is 37.3 Å². The molecule has 0 bridgehead atoms. The van der Waals surface area contributed by atoms with Gasteiger partial charge >= 0.3 is 0 Å². The van der Waals surface area contributed by atoms with Gasteiger partial charge in [0.15, 0.2) is 0 Å². The van der Waals surface area contributed by atoms with Crippen molar-refractivity contribution in [1.29, 1.82) is 0 Å². The topological polar surface area (TPSA) is 81.6 Å². The summed E-state index contributed by atoms with van der Waals surface area (Å²) in [4.78, 5) is 11.3. The normalized spacial score (nSPS) is 27.8. The summed E-state index contributed by atoms with van der Waals surface area (Å²) in [5, 5.41) is 25.4. The summed E-state index contributed by atoms with van der Waals surface area (Å²) in [5.74, 6) is -0.163. The number of hydrogen-bond acceptors (Lipinski definition) is 4. The Kier molecular flexibility index (Phi) is 7.15. The second-order valence-corrected chi connectivity index (χ2v) is 6.34. The monoisotopic (exact) mass is 338 g/mol. The number of nitrogens with one attached hydrogen (secondary N) is 2. The quantitative estimate of drug-likeness (QED) is 0.572. The van der Waals surface area contributed by atoms with E-state index in [0.717, 1.165) is 5.56 Å². The van der Waals surface area contributed by atoms with Gasteiger partial charge in [0.25, 0.3) is 0 Å². The standard InChI is InChI=1S/C18H27FN2O3/c1-2-16(23)20-10-15-18(24)17(19)14(21-15)9-8-13(11-22)12-6-4-3-5-7-12/h3-7,13-15,17-18,21-22,24H,2,8-11H2,1H3,(H,20,23)/t13?,14-,15-,17+,18-/m1/s1.